The number of sulfonamides is 1. The number of anilines is 1. The van der Waals surface area contributed by atoms with Crippen molar-refractivity contribution in [1.29, 1.82) is 0 Å². The molecule has 0 aliphatic heterocycles. The Morgan fingerprint density at radius 1 is 1.29 bits per heavy atom. The van der Waals surface area contributed by atoms with Crippen LogP contribution >= 0.6 is 22.9 Å². The number of methoxy groups -OCH3 is 1. The zero-order chi connectivity index (χ0) is 20.5. The Kier molecular flexibility index (Phi) is 5.78. The van der Waals surface area contributed by atoms with Gasteiger partial charge in [-0.05, 0) is 37.3 Å². The number of thiophene rings is 1. The van der Waals surface area contributed by atoms with Crippen LogP contribution in [0.2, 0.25) is 5.02 Å². The molecule has 0 bridgehead atoms. The normalized spacial score (nSPS) is 11.4. The molecule has 3 rings (SSSR count). The fourth-order valence-corrected chi connectivity index (χ4v) is 5.67. The predicted octanol–water partition coefficient (Wildman–Crippen LogP) is 4.68. The number of nitrogens with one attached hydrogen (secondary N) is 1. The largest absolute Gasteiger partial charge is 0.495 e. The molecule has 0 fully saturated rings. The maximum atomic E-state index is 14.5. The number of fused-ring (bicyclic) bond motifs is 1. The zero-order valence-electron chi connectivity index (χ0n) is 14.8. The van der Waals surface area contributed by atoms with Crippen LogP contribution in [0.5, 0.6) is 5.75 Å². The second-order valence-electron chi connectivity index (χ2n) is 5.54. The van der Waals surface area contributed by atoms with Gasteiger partial charge in [-0.1, -0.05) is 17.7 Å². The predicted molar refractivity (Wildman–Crippen MR) is 107 cm³/mol. The first-order valence-corrected chi connectivity index (χ1v) is 10.7. The molecule has 0 radical (unpaired) electrons. The molecule has 0 spiro atoms. The summed E-state index contributed by atoms with van der Waals surface area (Å²) >= 11 is 6.79. The lowest BCUT2D eigenvalue weighted by Crippen LogP contribution is -2.17. The van der Waals surface area contributed by atoms with Crippen LogP contribution in [0.3, 0.4) is 0 Å². The maximum Gasteiger partial charge on any atom is 0.349 e. The van der Waals surface area contributed by atoms with Gasteiger partial charge in [-0.2, -0.15) is 0 Å². The number of benzene rings is 2. The minimum Gasteiger partial charge on any atom is -0.495 e. The molecule has 1 heterocycles. The molecule has 148 valence electrons. The fourth-order valence-electron chi connectivity index (χ4n) is 2.62. The zero-order valence-corrected chi connectivity index (χ0v) is 17.2. The molecular formula is C18H15ClFNO5S2. The minimum absolute atomic E-state index is 0.0462. The van der Waals surface area contributed by atoms with E-state index in [0.717, 1.165) is 17.4 Å². The van der Waals surface area contributed by atoms with Gasteiger partial charge in [0.15, 0.2) is 0 Å². The lowest BCUT2D eigenvalue weighted by molar-refractivity contribution is 0.0528. The van der Waals surface area contributed by atoms with E-state index in [2.05, 4.69) is 4.72 Å². The van der Waals surface area contributed by atoms with Crippen LogP contribution in [0.4, 0.5) is 10.1 Å². The van der Waals surface area contributed by atoms with Gasteiger partial charge < -0.3 is 9.47 Å². The van der Waals surface area contributed by atoms with E-state index in [1.54, 1.807) is 6.92 Å². The number of halogens is 2. The van der Waals surface area contributed by atoms with Crippen molar-refractivity contribution in [3.05, 3.63) is 52.1 Å². The maximum absolute atomic E-state index is 14.5. The van der Waals surface area contributed by atoms with Gasteiger partial charge in [0.1, 0.15) is 21.3 Å². The quantitative estimate of drug-likeness (QED) is 0.559. The Morgan fingerprint density at radius 3 is 2.71 bits per heavy atom. The molecule has 6 nitrogen and oxygen atoms in total. The van der Waals surface area contributed by atoms with E-state index in [1.807, 2.05) is 0 Å². The van der Waals surface area contributed by atoms with Gasteiger partial charge in [-0.15, -0.1) is 11.3 Å². The fraction of sp³-hybridized carbons (Fsp3) is 0.167. The van der Waals surface area contributed by atoms with Crippen LogP contribution in [0.15, 0.2) is 41.3 Å². The summed E-state index contributed by atoms with van der Waals surface area (Å²) in [5.41, 5.74) is 0.0560. The monoisotopic (exact) mass is 443 g/mol. The SMILES string of the molecule is CCOC(=O)c1sc2cccc(F)c2c1S(=O)(=O)Nc1cc(Cl)ccc1OC. The number of carbonyl (C=O) groups excluding carboxylic acids is 1. The molecule has 10 heteroatoms. The van der Waals surface area contributed by atoms with Crippen molar-refractivity contribution < 1.29 is 27.1 Å². The van der Waals surface area contributed by atoms with Crippen molar-refractivity contribution in [3.8, 4) is 5.75 Å². The van der Waals surface area contributed by atoms with Crippen LogP contribution < -0.4 is 9.46 Å². The van der Waals surface area contributed by atoms with Gasteiger partial charge in [-0.25, -0.2) is 17.6 Å². The molecule has 0 amide bonds. The molecule has 0 aliphatic rings. The molecule has 0 saturated carbocycles. The lowest BCUT2D eigenvalue weighted by Gasteiger charge is -2.13. The van der Waals surface area contributed by atoms with Crippen LogP contribution in [-0.4, -0.2) is 28.1 Å². The molecule has 0 unspecified atom stereocenters. The highest BCUT2D eigenvalue weighted by Crippen LogP contribution is 2.39. The van der Waals surface area contributed by atoms with E-state index in [-0.39, 0.29) is 33.3 Å². The van der Waals surface area contributed by atoms with Crippen molar-refractivity contribution in [3.63, 3.8) is 0 Å². The van der Waals surface area contributed by atoms with Crippen molar-refractivity contribution in [2.24, 2.45) is 0 Å². The van der Waals surface area contributed by atoms with E-state index in [4.69, 9.17) is 21.1 Å². The van der Waals surface area contributed by atoms with E-state index < -0.39 is 26.7 Å². The first kappa shape index (κ1) is 20.4. The van der Waals surface area contributed by atoms with Gasteiger partial charge in [-0.3, -0.25) is 4.72 Å². The molecule has 1 aromatic heterocycles. The molecule has 3 aromatic rings. The lowest BCUT2D eigenvalue weighted by atomic mass is 10.2. The van der Waals surface area contributed by atoms with E-state index in [9.17, 15) is 17.6 Å². The average Bonchev–Trinajstić information content (AvgIpc) is 3.04. The Labute approximate surface area is 169 Å². The van der Waals surface area contributed by atoms with Gasteiger partial charge in [0, 0.05) is 15.1 Å². The third-order valence-corrected chi connectivity index (χ3v) is 6.69. The number of ether oxygens (including phenoxy) is 2. The highest BCUT2D eigenvalue weighted by molar-refractivity contribution is 7.93. The summed E-state index contributed by atoms with van der Waals surface area (Å²) in [7, 11) is -3.02. The topological polar surface area (TPSA) is 81.7 Å². The van der Waals surface area contributed by atoms with Gasteiger partial charge >= 0.3 is 5.97 Å². The summed E-state index contributed by atoms with van der Waals surface area (Å²) in [6.45, 7) is 1.64. The summed E-state index contributed by atoms with van der Waals surface area (Å²) < 4.78 is 53.6. The highest BCUT2D eigenvalue weighted by atomic mass is 35.5. The summed E-state index contributed by atoms with van der Waals surface area (Å²) in [5, 5.41) is 0.0921. The van der Waals surface area contributed by atoms with E-state index in [1.165, 1.54) is 37.4 Å². The van der Waals surface area contributed by atoms with Crippen molar-refractivity contribution >= 4 is 54.7 Å². The molecule has 2 aromatic carbocycles. The smallest absolute Gasteiger partial charge is 0.349 e. The number of esters is 1. The summed E-state index contributed by atoms with van der Waals surface area (Å²) in [4.78, 5) is 11.7. The molecule has 1 N–H and O–H groups in total. The van der Waals surface area contributed by atoms with Crippen molar-refractivity contribution in [2.45, 2.75) is 11.8 Å². The van der Waals surface area contributed by atoms with Gasteiger partial charge in [0.25, 0.3) is 10.0 Å². The molecule has 0 saturated heterocycles. The molecule has 28 heavy (non-hydrogen) atoms. The molecule has 0 aliphatic carbocycles. The summed E-state index contributed by atoms with van der Waals surface area (Å²) in [6, 6.07) is 8.47. The molecule has 0 atom stereocenters. The van der Waals surface area contributed by atoms with Gasteiger partial charge in [0.05, 0.1) is 19.4 Å². The first-order valence-electron chi connectivity index (χ1n) is 8.03. The van der Waals surface area contributed by atoms with Crippen LogP contribution in [-0.2, 0) is 14.8 Å². The third kappa shape index (κ3) is 3.78. The van der Waals surface area contributed by atoms with Gasteiger partial charge in [0.2, 0.25) is 0 Å². The van der Waals surface area contributed by atoms with Crippen molar-refractivity contribution in [1.82, 2.24) is 0 Å². The second kappa shape index (κ2) is 7.94. The Morgan fingerprint density at radius 2 is 2.04 bits per heavy atom. The standard InChI is InChI=1S/C18H15ClFNO5S2/c1-3-26-18(22)16-17(15-11(20)5-4-6-14(15)27-16)28(23,24)21-12-9-10(19)7-8-13(12)25-2/h4-9,21H,3H2,1-2H3. The third-order valence-electron chi connectivity index (χ3n) is 3.76. The average molecular weight is 444 g/mol. The van der Waals surface area contributed by atoms with Crippen LogP contribution in [0.25, 0.3) is 10.1 Å². The number of rotatable bonds is 6. The molecular weight excluding hydrogens is 429 g/mol. The van der Waals surface area contributed by atoms with Crippen molar-refractivity contribution in [2.75, 3.05) is 18.4 Å². The minimum atomic E-state index is -4.38. The van der Waals surface area contributed by atoms with E-state index in [0.29, 0.717) is 4.70 Å². The highest BCUT2D eigenvalue weighted by Gasteiger charge is 2.31. The van der Waals surface area contributed by atoms with E-state index >= 15 is 0 Å². The summed E-state index contributed by atoms with van der Waals surface area (Å²) in [5.74, 6) is -1.39. The number of hydrogen-bond donors (Lipinski definition) is 1. The Bertz CT molecular complexity index is 1160. The Balaban J connectivity index is 2.22. The summed E-state index contributed by atoms with van der Waals surface area (Å²) in [6.07, 6.45) is 0. The Hall–Kier alpha value is -2.36. The van der Waals surface area contributed by atoms with Crippen LogP contribution in [0.1, 0.15) is 16.6 Å². The van der Waals surface area contributed by atoms with Crippen LogP contribution in [0, 0.1) is 5.82 Å². The second-order valence-corrected chi connectivity index (χ2v) is 8.65. The first-order chi connectivity index (χ1) is 13.3. The number of hydrogen-bond acceptors (Lipinski definition) is 6. The number of carbonyl (C=O) groups is 1.